The number of hydrogen-bond donors (Lipinski definition) is 0. The molecule has 2 aliphatic carbocycles. The van der Waals surface area contributed by atoms with Crippen molar-refractivity contribution in [2.45, 2.75) is 13.3 Å². The molecule has 0 saturated heterocycles. The molecule has 0 spiro atoms. The van der Waals surface area contributed by atoms with Gasteiger partial charge in [-0.05, 0) is 143 Å². The fourth-order valence-electron chi connectivity index (χ4n) is 9.47. The number of pyridine rings is 1. The normalized spacial score (nSPS) is 12.6. The van der Waals surface area contributed by atoms with Gasteiger partial charge in [-0.15, -0.1) is 6.58 Å². The maximum Gasteiger partial charge on any atom is 0.0645 e. The highest BCUT2D eigenvalue weighted by molar-refractivity contribution is 6.20. The molecule has 0 saturated carbocycles. The van der Waals surface area contributed by atoms with Gasteiger partial charge in [-0.3, -0.25) is 4.98 Å². The third-order valence-corrected chi connectivity index (χ3v) is 12.0. The summed E-state index contributed by atoms with van der Waals surface area (Å²) in [7, 11) is 0. The number of allylic oxidation sites excluding steroid dienone is 5. The summed E-state index contributed by atoms with van der Waals surface area (Å²) in [4.78, 5) is 7.02. The Morgan fingerprint density at radius 2 is 1.12 bits per heavy atom. The summed E-state index contributed by atoms with van der Waals surface area (Å²) in [6, 6.07) is 58.3. The van der Waals surface area contributed by atoms with Gasteiger partial charge in [0.2, 0.25) is 0 Å². The number of hydrogen-bond acceptors (Lipinski definition) is 2. The van der Waals surface area contributed by atoms with E-state index in [1.54, 1.807) is 0 Å². The predicted octanol–water partition coefficient (Wildman–Crippen LogP) is 15.4. The molecule has 0 fully saturated rings. The fourth-order valence-corrected chi connectivity index (χ4v) is 9.47. The summed E-state index contributed by atoms with van der Waals surface area (Å²) in [5.74, 6) is 0. The number of anilines is 3. The molecule has 0 atom stereocenters. The van der Waals surface area contributed by atoms with E-state index in [-0.39, 0.29) is 0 Å². The first-order valence-electron chi connectivity index (χ1n) is 19.7. The minimum Gasteiger partial charge on any atom is -0.308 e. The smallest absolute Gasteiger partial charge is 0.0645 e. The molecule has 2 aliphatic rings. The summed E-state index contributed by atoms with van der Waals surface area (Å²) in [5.41, 5.74) is 18.4. The summed E-state index contributed by atoms with van der Waals surface area (Å²) >= 11 is 0. The van der Waals surface area contributed by atoms with Crippen molar-refractivity contribution in [3.05, 3.63) is 206 Å². The maximum absolute atomic E-state index is 4.64. The van der Waals surface area contributed by atoms with Crippen LogP contribution < -0.4 is 4.90 Å². The zero-order chi connectivity index (χ0) is 38.0. The third kappa shape index (κ3) is 5.15. The largest absolute Gasteiger partial charge is 0.308 e. The lowest BCUT2D eigenvalue weighted by molar-refractivity contribution is 1.24. The summed E-state index contributed by atoms with van der Waals surface area (Å²) in [6.45, 7) is 6.19. The first kappa shape index (κ1) is 33.1. The quantitative estimate of drug-likeness (QED) is 0.145. The molecule has 1 heterocycles. The van der Waals surface area contributed by atoms with Crippen molar-refractivity contribution in [3.63, 3.8) is 0 Å². The highest BCUT2D eigenvalue weighted by Crippen LogP contribution is 2.51. The average molecular weight is 727 g/mol. The van der Waals surface area contributed by atoms with Gasteiger partial charge in [0, 0.05) is 17.3 Å². The van der Waals surface area contributed by atoms with Gasteiger partial charge in [0.1, 0.15) is 0 Å². The molecule has 8 aromatic carbocycles. The van der Waals surface area contributed by atoms with Gasteiger partial charge >= 0.3 is 0 Å². The van der Waals surface area contributed by atoms with Crippen LogP contribution in [0.5, 0.6) is 0 Å². The van der Waals surface area contributed by atoms with E-state index in [2.05, 4.69) is 187 Å². The molecule has 2 heteroatoms. The van der Waals surface area contributed by atoms with E-state index in [0.717, 1.165) is 23.5 Å². The SMILES string of the molecule is C=CC/C=C\C1=C(C)c2cccc3c(-c4cc(-c5ccc6c7c(cccc57)-c5ccccc5-6)cc(N(c5cccnc5)c5cccc6ccccc56)c4)ccc1c23. The van der Waals surface area contributed by atoms with Crippen LogP contribution in [0.4, 0.5) is 17.1 Å². The van der Waals surface area contributed by atoms with Crippen LogP contribution in [0.3, 0.4) is 0 Å². The van der Waals surface area contributed by atoms with Crippen molar-refractivity contribution in [3.8, 4) is 44.5 Å². The molecule has 0 radical (unpaired) electrons. The lowest BCUT2D eigenvalue weighted by Crippen LogP contribution is -2.11. The Balaban J connectivity index is 1.19. The lowest BCUT2D eigenvalue weighted by Gasteiger charge is -2.28. The van der Waals surface area contributed by atoms with Crippen LogP contribution >= 0.6 is 0 Å². The summed E-state index contributed by atoms with van der Waals surface area (Å²) < 4.78 is 0. The summed E-state index contributed by atoms with van der Waals surface area (Å²) in [6.07, 6.45) is 11.1. The molecule has 57 heavy (non-hydrogen) atoms. The minimum absolute atomic E-state index is 0.845. The Kier molecular flexibility index (Phi) is 7.65. The van der Waals surface area contributed by atoms with Crippen LogP contribution in [0.1, 0.15) is 24.5 Å². The van der Waals surface area contributed by atoms with Gasteiger partial charge in [-0.2, -0.15) is 0 Å². The second kappa shape index (κ2) is 13.2. The van der Waals surface area contributed by atoms with E-state index in [0.29, 0.717) is 0 Å². The Hall–Kier alpha value is -7.29. The van der Waals surface area contributed by atoms with Gasteiger partial charge in [0.25, 0.3) is 0 Å². The van der Waals surface area contributed by atoms with Gasteiger partial charge < -0.3 is 4.90 Å². The van der Waals surface area contributed by atoms with Crippen molar-refractivity contribution in [1.82, 2.24) is 4.98 Å². The van der Waals surface area contributed by atoms with Gasteiger partial charge in [0.15, 0.2) is 0 Å². The van der Waals surface area contributed by atoms with E-state index in [1.807, 2.05) is 24.5 Å². The first-order chi connectivity index (χ1) is 28.2. The number of benzene rings is 8. The number of fused-ring (bicyclic) bond motifs is 4. The first-order valence-corrected chi connectivity index (χ1v) is 19.7. The van der Waals surface area contributed by atoms with Crippen LogP contribution in [0, 0.1) is 0 Å². The zero-order valence-corrected chi connectivity index (χ0v) is 31.7. The molecule has 2 nitrogen and oxygen atoms in total. The van der Waals surface area contributed by atoms with E-state index in [1.165, 1.54) is 99.1 Å². The fraction of sp³-hybridized carbons (Fsp3) is 0.0364. The van der Waals surface area contributed by atoms with E-state index in [9.17, 15) is 0 Å². The van der Waals surface area contributed by atoms with Crippen molar-refractivity contribution in [1.29, 1.82) is 0 Å². The highest BCUT2D eigenvalue weighted by atomic mass is 15.1. The van der Waals surface area contributed by atoms with Crippen molar-refractivity contribution >= 4 is 60.5 Å². The van der Waals surface area contributed by atoms with Crippen LogP contribution in [-0.4, -0.2) is 4.98 Å². The van der Waals surface area contributed by atoms with E-state index >= 15 is 0 Å². The molecular weight excluding hydrogens is 689 g/mol. The molecule has 0 bridgehead atoms. The van der Waals surface area contributed by atoms with Gasteiger partial charge in [-0.25, -0.2) is 0 Å². The molecular formula is C55H38N2. The zero-order valence-electron chi connectivity index (χ0n) is 31.7. The van der Waals surface area contributed by atoms with Crippen molar-refractivity contribution in [2.75, 3.05) is 4.90 Å². The number of aromatic nitrogens is 1. The molecule has 0 amide bonds. The third-order valence-electron chi connectivity index (χ3n) is 12.0. The number of nitrogens with zero attached hydrogens (tertiary/aromatic N) is 2. The minimum atomic E-state index is 0.845. The second-order valence-corrected chi connectivity index (χ2v) is 15.1. The van der Waals surface area contributed by atoms with E-state index < -0.39 is 0 Å². The second-order valence-electron chi connectivity index (χ2n) is 15.1. The topological polar surface area (TPSA) is 16.1 Å². The lowest BCUT2D eigenvalue weighted by atomic mass is 9.89. The number of rotatable bonds is 8. The van der Waals surface area contributed by atoms with Crippen LogP contribution in [0.15, 0.2) is 195 Å². The predicted molar refractivity (Wildman–Crippen MR) is 243 cm³/mol. The molecule has 0 aliphatic heterocycles. The monoisotopic (exact) mass is 726 g/mol. The summed E-state index contributed by atoms with van der Waals surface area (Å²) in [5, 5.41) is 7.54. The molecule has 0 N–H and O–H groups in total. The molecule has 1 aromatic heterocycles. The maximum atomic E-state index is 4.64. The van der Waals surface area contributed by atoms with Crippen LogP contribution in [-0.2, 0) is 0 Å². The average Bonchev–Trinajstić information content (AvgIpc) is 3.74. The van der Waals surface area contributed by atoms with Gasteiger partial charge in [0.05, 0.1) is 17.6 Å². The van der Waals surface area contributed by atoms with Gasteiger partial charge in [-0.1, -0.05) is 140 Å². The Bertz CT molecular complexity index is 3150. The molecule has 0 unspecified atom stereocenters. The molecule has 11 rings (SSSR count). The van der Waals surface area contributed by atoms with Crippen LogP contribution in [0.25, 0.3) is 88.0 Å². The van der Waals surface area contributed by atoms with Crippen LogP contribution in [0.2, 0.25) is 0 Å². The molecule has 268 valence electrons. The van der Waals surface area contributed by atoms with Crippen molar-refractivity contribution < 1.29 is 0 Å². The Morgan fingerprint density at radius 1 is 0.526 bits per heavy atom. The highest BCUT2D eigenvalue weighted by Gasteiger charge is 2.25. The van der Waals surface area contributed by atoms with Crippen molar-refractivity contribution in [2.24, 2.45) is 0 Å². The van der Waals surface area contributed by atoms with E-state index in [4.69, 9.17) is 0 Å². The Labute approximate surface area is 333 Å². The standard InChI is InChI=1S/C55H38N2/c1-3-4-5-17-41-35(2)42-21-11-22-48-43(26-28-51(41)54(42)48)37-31-38(44-27-29-52-47-20-9-8-19-46(47)50-24-12-23-49(44)55(50)52)33-40(32-37)57(39-16-13-30-56-34-39)53-25-10-15-36-14-6-7-18-45(36)53/h3,5-34H,1,4H2,2H3/b17-5-. The Morgan fingerprint density at radius 3 is 1.86 bits per heavy atom. The molecule has 9 aromatic rings.